The molecule has 5 rings (SSSR count). The van der Waals surface area contributed by atoms with Crippen molar-refractivity contribution >= 4 is 73.3 Å². The SMILES string of the molecule is CC1(C)SC(=S)N(NC(=O)Nc2cccc3ccccc23)[C@H]1N(O)C(=O)Nc1cccc2ccccc12. The summed E-state index contributed by atoms with van der Waals surface area (Å²) in [5.74, 6) is 0. The Morgan fingerprint density at radius 2 is 1.38 bits per heavy atom. The molecule has 0 bridgehead atoms. The van der Waals surface area contributed by atoms with E-state index >= 15 is 0 Å². The van der Waals surface area contributed by atoms with E-state index in [-0.39, 0.29) is 0 Å². The maximum atomic E-state index is 13.2. The molecule has 4 amide bonds. The molecule has 1 atom stereocenters. The number of hydrogen-bond acceptors (Lipinski definition) is 5. The van der Waals surface area contributed by atoms with Gasteiger partial charge in [-0.15, -0.1) is 0 Å². The molecule has 188 valence electrons. The van der Waals surface area contributed by atoms with Gasteiger partial charge < -0.3 is 10.6 Å². The van der Waals surface area contributed by atoms with Gasteiger partial charge in [0.2, 0.25) is 0 Å². The lowest BCUT2D eigenvalue weighted by Crippen LogP contribution is -2.60. The van der Waals surface area contributed by atoms with Gasteiger partial charge in [0.15, 0.2) is 10.5 Å². The summed E-state index contributed by atoms with van der Waals surface area (Å²) in [5.41, 5.74) is 3.90. The molecule has 1 saturated heterocycles. The highest BCUT2D eigenvalue weighted by Crippen LogP contribution is 2.41. The topological polar surface area (TPSA) is 96.9 Å². The number of carbonyl (C=O) groups excluding carboxylic acids is 2. The Morgan fingerprint density at radius 3 is 1.97 bits per heavy atom. The first-order chi connectivity index (χ1) is 17.7. The van der Waals surface area contributed by atoms with E-state index < -0.39 is 23.0 Å². The number of urea groups is 2. The second-order valence-corrected chi connectivity index (χ2v) is 11.4. The van der Waals surface area contributed by atoms with E-state index in [9.17, 15) is 14.8 Å². The van der Waals surface area contributed by atoms with Gasteiger partial charge >= 0.3 is 12.1 Å². The van der Waals surface area contributed by atoms with Crippen LogP contribution in [-0.2, 0) is 0 Å². The van der Waals surface area contributed by atoms with Crippen molar-refractivity contribution in [3.8, 4) is 0 Å². The number of fused-ring (bicyclic) bond motifs is 2. The first-order valence-electron chi connectivity index (χ1n) is 11.6. The van der Waals surface area contributed by atoms with Crippen LogP contribution in [0.15, 0.2) is 84.9 Å². The molecule has 1 aliphatic heterocycles. The van der Waals surface area contributed by atoms with E-state index in [2.05, 4.69) is 16.1 Å². The van der Waals surface area contributed by atoms with Crippen LogP contribution >= 0.6 is 24.0 Å². The van der Waals surface area contributed by atoms with Gasteiger partial charge in [0.1, 0.15) is 0 Å². The van der Waals surface area contributed by atoms with Gasteiger partial charge in [-0.25, -0.2) is 20.0 Å². The maximum absolute atomic E-state index is 13.2. The van der Waals surface area contributed by atoms with Crippen molar-refractivity contribution in [2.45, 2.75) is 24.8 Å². The first-order valence-corrected chi connectivity index (χ1v) is 12.8. The summed E-state index contributed by atoms with van der Waals surface area (Å²) in [6, 6.07) is 25.2. The Labute approximate surface area is 223 Å². The summed E-state index contributed by atoms with van der Waals surface area (Å²) in [6.07, 6.45) is -0.974. The number of nitrogens with one attached hydrogen (secondary N) is 3. The highest BCUT2D eigenvalue weighted by atomic mass is 32.2. The van der Waals surface area contributed by atoms with Gasteiger partial charge in [0.05, 0.1) is 16.1 Å². The van der Waals surface area contributed by atoms with Crippen molar-refractivity contribution in [2.24, 2.45) is 0 Å². The average molecular weight is 532 g/mol. The van der Waals surface area contributed by atoms with Crippen LogP contribution in [0.1, 0.15) is 13.8 Å². The molecule has 4 aromatic rings. The molecule has 37 heavy (non-hydrogen) atoms. The van der Waals surface area contributed by atoms with E-state index in [1.165, 1.54) is 16.8 Å². The van der Waals surface area contributed by atoms with Crippen LogP contribution in [0.4, 0.5) is 21.0 Å². The molecule has 10 heteroatoms. The Bertz CT molecular complexity index is 1520. The number of thioether (sulfide) groups is 1. The summed E-state index contributed by atoms with van der Waals surface area (Å²) in [5, 5.41) is 22.3. The Morgan fingerprint density at radius 1 is 0.865 bits per heavy atom. The predicted octanol–water partition coefficient (Wildman–Crippen LogP) is 6.39. The average Bonchev–Trinajstić information content (AvgIpc) is 3.10. The highest BCUT2D eigenvalue weighted by molar-refractivity contribution is 8.24. The normalized spacial score (nSPS) is 16.6. The number of benzene rings is 4. The summed E-state index contributed by atoms with van der Waals surface area (Å²) < 4.78 is -0.408. The molecule has 4 N–H and O–H groups in total. The number of hydrogen-bond donors (Lipinski definition) is 4. The lowest BCUT2D eigenvalue weighted by Gasteiger charge is -2.36. The third kappa shape index (κ3) is 4.91. The number of nitrogens with zero attached hydrogens (tertiary/aromatic N) is 2. The summed E-state index contributed by atoms with van der Waals surface area (Å²) in [6.45, 7) is 3.68. The van der Waals surface area contributed by atoms with Crippen LogP contribution in [-0.4, -0.2) is 42.6 Å². The lowest BCUT2D eigenvalue weighted by molar-refractivity contribution is -0.120. The fraction of sp³-hybridized carbons (Fsp3) is 0.148. The molecule has 4 aromatic carbocycles. The second-order valence-electron chi connectivity index (χ2n) is 9.11. The van der Waals surface area contributed by atoms with Gasteiger partial charge in [-0.1, -0.05) is 96.8 Å². The molecule has 8 nitrogen and oxygen atoms in total. The Kier molecular flexibility index (Phi) is 6.63. The zero-order chi connectivity index (χ0) is 26.2. The van der Waals surface area contributed by atoms with Crippen molar-refractivity contribution in [3.05, 3.63) is 84.9 Å². The molecule has 0 aliphatic carbocycles. The van der Waals surface area contributed by atoms with Crippen molar-refractivity contribution < 1.29 is 14.8 Å². The molecule has 0 aromatic heterocycles. The second kappa shape index (κ2) is 9.89. The molecule has 1 heterocycles. The number of amides is 4. The lowest BCUT2D eigenvalue weighted by atomic mass is 10.1. The molecular formula is C27H25N5O3S2. The number of hydroxylamine groups is 2. The molecule has 0 unspecified atom stereocenters. The van der Waals surface area contributed by atoms with Crippen LogP contribution in [0, 0.1) is 0 Å². The highest BCUT2D eigenvalue weighted by Gasteiger charge is 2.50. The minimum Gasteiger partial charge on any atom is -0.306 e. The van der Waals surface area contributed by atoms with Crippen molar-refractivity contribution in [1.82, 2.24) is 15.5 Å². The molecular weight excluding hydrogens is 506 g/mol. The molecule has 1 aliphatic rings. The van der Waals surface area contributed by atoms with Gasteiger partial charge in [-0.2, -0.15) is 5.06 Å². The molecule has 1 fully saturated rings. The van der Waals surface area contributed by atoms with Crippen molar-refractivity contribution in [2.75, 3.05) is 10.6 Å². The van der Waals surface area contributed by atoms with Crippen molar-refractivity contribution in [3.63, 3.8) is 0 Å². The molecule has 0 spiro atoms. The zero-order valence-electron chi connectivity index (χ0n) is 20.1. The monoisotopic (exact) mass is 531 g/mol. The van der Waals surface area contributed by atoms with Crippen LogP contribution in [0.5, 0.6) is 0 Å². The standard InChI is InChI=1S/C27H25N5O3S2/c1-27(2)23(32(35)25(34)29-22-16-8-12-18-10-4-6-14-20(18)22)31(26(36)37-27)30-24(33)28-21-15-7-11-17-9-3-5-13-19(17)21/h3-16,23,35H,1-2H3,(H,29,34)(H2,28,30,33)/t23-/m0/s1. The molecule has 0 radical (unpaired) electrons. The summed E-state index contributed by atoms with van der Waals surface area (Å²) in [4.78, 5) is 26.2. The van der Waals surface area contributed by atoms with Crippen LogP contribution < -0.4 is 16.1 Å². The smallest absolute Gasteiger partial charge is 0.306 e. The van der Waals surface area contributed by atoms with Gasteiger partial charge in [-0.05, 0) is 36.8 Å². The van der Waals surface area contributed by atoms with Gasteiger partial charge in [0, 0.05) is 10.8 Å². The predicted molar refractivity (Wildman–Crippen MR) is 153 cm³/mol. The zero-order valence-corrected chi connectivity index (χ0v) is 21.8. The quantitative estimate of drug-likeness (QED) is 0.138. The van der Waals surface area contributed by atoms with Crippen LogP contribution in [0.25, 0.3) is 21.5 Å². The largest absolute Gasteiger partial charge is 0.347 e. The van der Waals surface area contributed by atoms with Crippen LogP contribution in [0.2, 0.25) is 0 Å². The first kappa shape index (κ1) is 24.8. The van der Waals surface area contributed by atoms with Crippen LogP contribution in [0.3, 0.4) is 0 Å². The van der Waals surface area contributed by atoms with E-state index in [4.69, 9.17) is 12.2 Å². The number of anilines is 2. The van der Waals surface area contributed by atoms with E-state index in [1.54, 1.807) is 12.1 Å². The van der Waals surface area contributed by atoms with Crippen molar-refractivity contribution in [1.29, 1.82) is 0 Å². The minimum atomic E-state index is -0.974. The Hall–Kier alpha value is -3.86. The van der Waals surface area contributed by atoms with E-state index in [0.717, 1.165) is 21.5 Å². The number of thiocarbonyl (C=S) groups is 1. The van der Waals surface area contributed by atoms with E-state index in [1.807, 2.05) is 86.6 Å². The summed E-state index contributed by atoms with van der Waals surface area (Å²) in [7, 11) is 0. The minimum absolute atomic E-state index is 0.320. The maximum Gasteiger partial charge on any atom is 0.347 e. The number of hydrazine groups is 1. The van der Waals surface area contributed by atoms with Gasteiger partial charge in [-0.3, -0.25) is 5.21 Å². The molecule has 0 saturated carbocycles. The summed E-state index contributed by atoms with van der Waals surface area (Å²) >= 11 is 6.78. The fourth-order valence-corrected chi connectivity index (χ4v) is 6.25. The number of rotatable bonds is 4. The fourth-order valence-electron chi connectivity index (χ4n) is 4.46. The van der Waals surface area contributed by atoms with E-state index in [0.29, 0.717) is 20.8 Å². The number of carbonyl (C=O) groups is 2. The third-order valence-corrected chi connectivity index (χ3v) is 7.70. The third-order valence-electron chi connectivity index (χ3n) is 6.14. The Balaban J connectivity index is 1.35. The van der Waals surface area contributed by atoms with Gasteiger partial charge in [0.25, 0.3) is 0 Å².